The van der Waals surface area contributed by atoms with Gasteiger partial charge in [-0.15, -0.1) is 0 Å². The third kappa shape index (κ3) is 11.5. The van der Waals surface area contributed by atoms with Gasteiger partial charge < -0.3 is 9.47 Å². The van der Waals surface area contributed by atoms with Crippen LogP contribution < -0.4 is 0 Å². The molecule has 0 aromatic rings. The lowest BCUT2D eigenvalue weighted by Crippen LogP contribution is -2.26. The van der Waals surface area contributed by atoms with E-state index in [1.54, 1.807) is 17.8 Å². The van der Waals surface area contributed by atoms with Crippen molar-refractivity contribution < 1.29 is 19.1 Å². The summed E-state index contributed by atoms with van der Waals surface area (Å²) in [5, 5.41) is 0. The van der Waals surface area contributed by atoms with Crippen LogP contribution in [-0.2, 0) is 19.1 Å². The van der Waals surface area contributed by atoms with Gasteiger partial charge in [0.15, 0.2) is 0 Å². The van der Waals surface area contributed by atoms with Gasteiger partial charge in [-0.05, 0) is 46.3 Å². The molecule has 0 atom stereocenters. The molecule has 0 saturated heterocycles. The molecule has 0 saturated carbocycles. The summed E-state index contributed by atoms with van der Waals surface area (Å²) in [6.07, 6.45) is 3.19. The van der Waals surface area contributed by atoms with Crippen LogP contribution in [0, 0.1) is 10.8 Å². The number of carbonyl (C=O) groups excluding carboxylic acids is 2. The van der Waals surface area contributed by atoms with Crippen molar-refractivity contribution in [2.45, 2.75) is 61.3 Å². The first kappa shape index (κ1) is 25.3. The maximum atomic E-state index is 11.4. The van der Waals surface area contributed by atoms with E-state index in [2.05, 4.69) is 13.5 Å². The van der Waals surface area contributed by atoms with Gasteiger partial charge in [0, 0.05) is 5.75 Å². The lowest BCUT2D eigenvalue weighted by Gasteiger charge is -2.20. The summed E-state index contributed by atoms with van der Waals surface area (Å²) in [7, 11) is 0. The molecule has 0 aliphatic heterocycles. The molecule has 0 aromatic heterocycles. The molecule has 0 heterocycles. The van der Waals surface area contributed by atoms with Crippen molar-refractivity contribution in [1.82, 2.24) is 0 Å². The Kier molecular flexibility index (Phi) is 14.0. The van der Waals surface area contributed by atoms with Crippen molar-refractivity contribution in [3.05, 3.63) is 12.7 Å². The highest BCUT2D eigenvalue weighted by molar-refractivity contribution is 7.99. The van der Waals surface area contributed by atoms with Crippen LogP contribution in [0.25, 0.3) is 0 Å². The monoisotopic (exact) mass is 360 g/mol. The number of ether oxygens (including phenoxy) is 2. The van der Waals surface area contributed by atoms with Crippen LogP contribution in [0.3, 0.4) is 0 Å². The van der Waals surface area contributed by atoms with Crippen LogP contribution in [0.4, 0.5) is 0 Å². The van der Waals surface area contributed by atoms with Crippen LogP contribution in [0.5, 0.6) is 0 Å². The second-order valence-electron chi connectivity index (χ2n) is 6.69. The molecule has 0 fully saturated rings. The van der Waals surface area contributed by atoms with Crippen LogP contribution >= 0.6 is 11.8 Å². The summed E-state index contributed by atoms with van der Waals surface area (Å²) in [6.45, 7) is 18.0. The number of carbonyl (C=O) groups is 2. The molecule has 0 spiro atoms. The minimum absolute atomic E-state index is 0.0771. The maximum absolute atomic E-state index is 11.4. The van der Waals surface area contributed by atoms with E-state index in [4.69, 9.17) is 9.47 Å². The number of thioether (sulfide) groups is 1. The fraction of sp³-hybridized carbons (Fsp3) is 0.789. The minimum Gasteiger partial charge on any atom is -0.464 e. The number of esters is 2. The lowest BCUT2D eigenvalue weighted by atomic mass is 9.91. The summed E-state index contributed by atoms with van der Waals surface area (Å²) in [4.78, 5) is 22.6. The molecule has 0 N–H and O–H groups in total. The Bertz CT molecular complexity index is 376. The van der Waals surface area contributed by atoms with Gasteiger partial charge in [0.2, 0.25) is 0 Å². The van der Waals surface area contributed by atoms with E-state index in [0.29, 0.717) is 13.2 Å². The molecule has 5 heteroatoms. The Morgan fingerprint density at radius 2 is 1.42 bits per heavy atom. The molecular weight excluding hydrogens is 324 g/mol. The summed E-state index contributed by atoms with van der Waals surface area (Å²) in [5.74, 6) is 1.75. The van der Waals surface area contributed by atoms with Crippen molar-refractivity contribution in [1.29, 1.82) is 0 Å². The molecule has 0 amide bonds. The molecule has 0 radical (unpaired) electrons. The highest BCUT2D eigenvalue weighted by Gasteiger charge is 2.27. The summed E-state index contributed by atoms with van der Waals surface area (Å²) >= 11 is 1.79. The molecule has 24 heavy (non-hydrogen) atoms. The first-order valence-electron chi connectivity index (χ1n) is 8.62. The maximum Gasteiger partial charge on any atom is 0.311 e. The van der Waals surface area contributed by atoms with Crippen molar-refractivity contribution >= 4 is 23.7 Å². The molecule has 0 bridgehead atoms. The zero-order chi connectivity index (χ0) is 19.2. The van der Waals surface area contributed by atoms with Crippen LogP contribution in [0.1, 0.15) is 61.3 Å². The standard InChI is InChI=1S/C10H20O2S.C9H16O2/c1-5-10(3,4)9(11)12-7-8-13-6-2;1-5-7-11-8(10)9(3,4)6-2/h5-8H2,1-4H3;5H,1,6-7H2,2-4H3. The normalized spacial score (nSPS) is 11.1. The summed E-state index contributed by atoms with van der Waals surface area (Å²) in [6, 6.07) is 0. The van der Waals surface area contributed by atoms with Crippen molar-refractivity contribution in [3.8, 4) is 0 Å². The average Bonchev–Trinajstić information content (AvgIpc) is 2.56. The highest BCUT2D eigenvalue weighted by atomic mass is 32.2. The summed E-state index contributed by atoms with van der Waals surface area (Å²) in [5.41, 5.74) is -0.681. The van der Waals surface area contributed by atoms with Crippen molar-refractivity contribution in [2.24, 2.45) is 10.8 Å². The van der Waals surface area contributed by atoms with Crippen LogP contribution in [0.2, 0.25) is 0 Å². The van der Waals surface area contributed by atoms with Crippen molar-refractivity contribution in [3.63, 3.8) is 0 Å². The Hall–Kier alpha value is -0.970. The second-order valence-corrected chi connectivity index (χ2v) is 8.09. The molecular formula is C19H36O4S. The van der Waals surface area contributed by atoms with E-state index >= 15 is 0 Å². The number of hydrogen-bond acceptors (Lipinski definition) is 5. The SMILES string of the molecule is C=CCOC(=O)C(C)(C)CC.CCSCCOC(=O)C(C)(C)CC. The highest BCUT2D eigenvalue weighted by Crippen LogP contribution is 2.22. The van der Waals surface area contributed by atoms with E-state index in [9.17, 15) is 9.59 Å². The van der Waals surface area contributed by atoms with Crippen molar-refractivity contribution in [2.75, 3.05) is 24.7 Å². The molecule has 0 unspecified atom stereocenters. The number of hydrogen-bond donors (Lipinski definition) is 0. The van der Waals surface area contributed by atoms with Gasteiger partial charge in [-0.3, -0.25) is 9.59 Å². The molecule has 4 nitrogen and oxygen atoms in total. The Balaban J connectivity index is 0. The average molecular weight is 361 g/mol. The topological polar surface area (TPSA) is 52.6 Å². The van der Waals surface area contributed by atoms with E-state index in [1.807, 2.05) is 41.5 Å². The largest absolute Gasteiger partial charge is 0.464 e. The van der Waals surface area contributed by atoms with Gasteiger partial charge in [0.25, 0.3) is 0 Å². The fourth-order valence-electron chi connectivity index (χ4n) is 1.15. The Labute approximate surface area is 152 Å². The molecule has 142 valence electrons. The third-order valence-electron chi connectivity index (χ3n) is 3.87. The third-order valence-corrected chi connectivity index (χ3v) is 4.73. The first-order chi connectivity index (χ1) is 11.1. The second kappa shape index (κ2) is 13.3. The van der Waals surface area contributed by atoms with Gasteiger partial charge >= 0.3 is 11.9 Å². The smallest absolute Gasteiger partial charge is 0.311 e. The first-order valence-corrected chi connectivity index (χ1v) is 9.77. The van der Waals surface area contributed by atoms with Crippen LogP contribution in [-0.4, -0.2) is 36.7 Å². The summed E-state index contributed by atoms with van der Waals surface area (Å²) < 4.78 is 10.0. The van der Waals surface area contributed by atoms with Gasteiger partial charge in [-0.2, -0.15) is 11.8 Å². The lowest BCUT2D eigenvalue weighted by molar-refractivity contribution is -0.153. The quantitative estimate of drug-likeness (QED) is 0.316. The van der Waals surface area contributed by atoms with E-state index in [0.717, 1.165) is 24.3 Å². The molecule has 0 aliphatic carbocycles. The predicted octanol–water partition coefficient (Wildman–Crippen LogP) is 4.87. The zero-order valence-electron chi connectivity index (χ0n) is 16.6. The Morgan fingerprint density at radius 3 is 1.79 bits per heavy atom. The van der Waals surface area contributed by atoms with Gasteiger partial charge in [0.05, 0.1) is 10.8 Å². The number of rotatable bonds is 10. The molecule has 0 aliphatic rings. The fourth-order valence-corrected chi connectivity index (χ4v) is 1.64. The molecule has 0 rings (SSSR count). The van der Waals surface area contributed by atoms with Gasteiger partial charge in [-0.25, -0.2) is 0 Å². The van der Waals surface area contributed by atoms with Gasteiger partial charge in [-0.1, -0.05) is 33.4 Å². The predicted molar refractivity (Wildman–Crippen MR) is 103 cm³/mol. The van der Waals surface area contributed by atoms with Crippen LogP contribution in [0.15, 0.2) is 12.7 Å². The Morgan fingerprint density at radius 1 is 0.958 bits per heavy atom. The van der Waals surface area contributed by atoms with E-state index < -0.39 is 0 Å². The minimum atomic E-state index is -0.358. The van der Waals surface area contributed by atoms with E-state index in [1.165, 1.54) is 0 Å². The van der Waals surface area contributed by atoms with Gasteiger partial charge in [0.1, 0.15) is 13.2 Å². The van der Waals surface area contributed by atoms with E-state index in [-0.39, 0.29) is 22.8 Å². The zero-order valence-corrected chi connectivity index (χ0v) is 17.4. The molecule has 0 aromatic carbocycles.